The average Bonchev–Trinajstić information content (AvgIpc) is 3.67. The summed E-state index contributed by atoms with van der Waals surface area (Å²) in [6.07, 6.45) is 11.8. The molecule has 30 heavy (non-hydrogen) atoms. The van der Waals surface area contributed by atoms with E-state index in [1.807, 2.05) is 0 Å². The molecule has 0 aromatic rings. The van der Waals surface area contributed by atoms with Crippen molar-refractivity contribution >= 4 is 11.6 Å². The summed E-state index contributed by atoms with van der Waals surface area (Å²) >= 11 is 0. The molecular formula is C24H36O6. The highest BCUT2D eigenvalue weighted by Gasteiger charge is 2.45. The molecule has 4 saturated heterocycles. The molecule has 0 aromatic carbocycles. The second kappa shape index (κ2) is 9.35. The molecule has 8 atom stereocenters. The van der Waals surface area contributed by atoms with Gasteiger partial charge in [-0.15, -0.1) is 0 Å². The van der Waals surface area contributed by atoms with Gasteiger partial charge < -0.3 is 18.9 Å². The quantitative estimate of drug-likeness (QED) is 0.561. The lowest BCUT2D eigenvalue weighted by Gasteiger charge is -2.30. The SMILES string of the molecule is O=C1CCC[C@@H]2O[C@@H]2C[C@@H]2CCOC[C@@H]12.O=C1CCC[C@@H]2O[C@@H]2C[C@@H]2CCOC[C@@H]12. The van der Waals surface area contributed by atoms with Crippen LogP contribution in [0.2, 0.25) is 0 Å². The summed E-state index contributed by atoms with van der Waals surface area (Å²) in [4.78, 5) is 23.9. The molecular weight excluding hydrogens is 384 g/mol. The molecule has 0 N–H and O–H groups in total. The van der Waals surface area contributed by atoms with Gasteiger partial charge in [0.25, 0.3) is 0 Å². The first kappa shape index (κ1) is 21.0. The first-order valence-corrected chi connectivity index (χ1v) is 12.2. The van der Waals surface area contributed by atoms with E-state index in [9.17, 15) is 9.59 Å². The Labute approximate surface area is 179 Å². The molecule has 6 aliphatic rings. The van der Waals surface area contributed by atoms with Crippen LogP contribution < -0.4 is 0 Å². The van der Waals surface area contributed by atoms with Crippen LogP contribution >= 0.6 is 0 Å². The van der Waals surface area contributed by atoms with Crippen molar-refractivity contribution in [3.63, 3.8) is 0 Å². The predicted octanol–water partition coefficient (Wildman–Crippen LogP) is 3.10. The van der Waals surface area contributed by atoms with Crippen molar-refractivity contribution in [3.05, 3.63) is 0 Å². The Morgan fingerprint density at radius 1 is 0.600 bits per heavy atom. The van der Waals surface area contributed by atoms with Gasteiger partial charge in [-0.1, -0.05) is 0 Å². The van der Waals surface area contributed by atoms with Crippen LogP contribution in [0, 0.1) is 23.7 Å². The van der Waals surface area contributed by atoms with E-state index in [2.05, 4.69) is 0 Å². The monoisotopic (exact) mass is 420 g/mol. The summed E-state index contributed by atoms with van der Waals surface area (Å²) in [7, 11) is 0. The maximum absolute atomic E-state index is 12.0. The Hall–Kier alpha value is -0.820. The molecule has 2 aliphatic carbocycles. The molecule has 4 heterocycles. The van der Waals surface area contributed by atoms with Crippen LogP contribution in [-0.4, -0.2) is 62.4 Å². The number of rotatable bonds is 0. The standard InChI is InChI=1S/2C12H18O3/c2*13-10-2-1-3-11-12(15-11)6-8-4-5-14-7-9(8)10/h2*8-9,11-12H,1-7H2/t2*8-,9+,11-,12+/m00/s1. The number of Topliss-reactive ketones (excluding diaryl/α,β-unsaturated/α-hetero) is 2. The lowest BCUT2D eigenvalue weighted by Crippen LogP contribution is -2.34. The highest BCUT2D eigenvalue weighted by atomic mass is 16.6. The normalized spacial score (nSPS) is 45.7. The number of ether oxygens (including phenoxy) is 4. The number of hydrogen-bond donors (Lipinski definition) is 0. The van der Waals surface area contributed by atoms with Gasteiger partial charge in [-0.25, -0.2) is 0 Å². The Morgan fingerprint density at radius 3 is 1.53 bits per heavy atom. The zero-order chi connectivity index (χ0) is 20.5. The highest BCUT2D eigenvalue weighted by Crippen LogP contribution is 2.40. The molecule has 0 amide bonds. The van der Waals surface area contributed by atoms with Crippen LogP contribution in [-0.2, 0) is 28.5 Å². The fourth-order valence-electron chi connectivity index (χ4n) is 6.04. The fourth-order valence-corrected chi connectivity index (χ4v) is 6.04. The number of epoxide rings is 2. The van der Waals surface area contributed by atoms with Crippen molar-refractivity contribution in [2.75, 3.05) is 26.4 Å². The summed E-state index contributed by atoms with van der Waals surface area (Å²) in [5.41, 5.74) is 0. The van der Waals surface area contributed by atoms with Gasteiger partial charge in [-0.2, -0.15) is 0 Å². The second-order valence-electron chi connectivity index (χ2n) is 10.1. The number of carbonyl (C=O) groups excluding carboxylic acids is 2. The van der Waals surface area contributed by atoms with Crippen LogP contribution in [0.25, 0.3) is 0 Å². The van der Waals surface area contributed by atoms with Crippen molar-refractivity contribution in [2.45, 2.75) is 88.6 Å². The molecule has 0 radical (unpaired) electrons. The van der Waals surface area contributed by atoms with E-state index in [0.29, 0.717) is 61.0 Å². The van der Waals surface area contributed by atoms with Gasteiger partial charge in [0.2, 0.25) is 0 Å². The van der Waals surface area contributed by atoms with Gasteiger partial charge in [-0.05, 0) is 63.2 Å². The van der Waals surface area contributed by atoms with Crippen LogP contribution in [0.4, 0.5) is 0 Å². The molecule has 0 unspecified atom stereocenters. The third-order valence-corrected chi connectivity index (χ3v) is 8.10. The minimum absolute atomic E-state index is 0.168. The Bertz CT molecular complexity index is 581. The zero-order valence-corrected chi connectivity index (χ0v) is 18.0. The van der Waals surface area contributed by atoms with Crippen molar-refractivity contribution in [2.24, 2.45) is 23.7 Å². The lowest BCUT2D eigenvalue weighted by atomic mass is 9.81. The first-order valence-electron chi connectivity index (χ1n) is 12.2. The molecule has 4 aliphatic heterocycles. The number of hydrogen-bond acceptors (Lipinski definition) is 6. The molecule has 6 nitrogen and oxygen atoms in total. The van der Waals surface area contributed by atoms with Gasteiger partial charge in [0.05, 0.1) is 37.6 Å². The van der Waals surface area contributed by atoms with Gasteiger partial charge in [-0.3, -0.25) is 9.59 Å². The largest absolute Gasteiger partial charge is 0.381 e. The minimum atomic E-state index is 0.168. The van der Waals surface area contributed by atoms with E-state index in [1.165, 1.54) is 0 Å². The molecule has 6 fully saturated rings. The topological polar surface area (TPSA) is 77.7 Å². The number of carbonyl (C=O) groups is 2. The summed E-state index contributed by atoms with van der Waals surface area (Å²) in [5.74, 6) is 2.25. The summed E-state index contributed by atoms with van der Waals surface area (Å²) in [6.45, 7) is 2.96. The van der Waals surface area contributed by atoms with E-state index in [0.717, 1.165) is 77.4 Å². The summed E-state index contributed by atoms with van der Waals surface area (Å²) < 4.78 is 22.1. The first-order chi connectivity index (χ1) is 14.7. The molecule has 2 saturated carbocycles. The van der Waals surface area contributed by atoms with E-state index in [-0.39, 0.29) is 11.8 Å². The van der Waals surface area contributed by atoms with E-state index < -0.39 is 0 Å². The average molecular weight is 421 g/mol. The Kier molecular flexibility index (Phi) is 6.56. The minimum Gasteiger partial charge on any atom is -0.381 e. The van der Waals surface area contributed by atoms with E-state index >= 15 is 0 Å². The van der Waals surface area contributed by atoms with Gasteiger partial charge in [0.1, 0.15) is 11.6 Å². The maximum atomic E-state index is 12.0. The highest BCUT2D eigenvalue weighted by molar-refractivity contribution is 5.82. The van der Waals surface area contributed by atoms with Crippen molar-refractivity contribution in [3.8, 4) is 0 Å². The summed E-state index contributed by atoms with van der Waals surface area (Å²) in [5, 5.41) is 0. The second-order valence-corrected chi connectivity index (χ2v) is 10.1. The van der Waals surface area contributed by atoms with Crippen molar-refractivity contribution in [1.82, 2.24) is 0 Å². The molecule has 0 aromatic heterocycles. The van der Waals surface area contributed by atoms with Crippen molar-refractivity contribution in [1.29, 1.82) is 0 Å². The van der Waals surface area contributed by atoms with Gasteiger partial charge >= 0.3 is 0 Å². The Morgan fingerprint density at radius 2 is 1.07 bits per heavy atom. The number of ketones is 2. The van der Waals surface area contributed by atoms with E-state index in [1.54, 1.807) is 0 Å². The third-order valence-electron chi connectivity index (χ3n) is 8.10. The van der Waals surface area contributed by atoms with Crippen LogP contribution in [0.1, 0.15) is 64.2 Å². The lowest BCUT2D eigenvalue weighted by molar-refractivity contribution is -0.131. The molecule has 0 spiro atoms. The predicted molar refractivity (Wildman–Crippen MR) is 109 cm³/mol. The zero-order valence-electron chi connectivity index (χ0n) is 18.0. The summed E-state index contributed by atoms with van der Waals surface area (Å²) in [6, 6.07) is 0. The molecule has 168 valence electrons. The van der Waals surface area contributed by atoms with Crippen LogP contribution in [0.5, 0.6) is 0 Å². The smallest absolute Gasteiger partial charge is 0.138 e. The van der Waals surface area contributed by atoms with Crippen LogP contribution in [0.3, 0.4) is 0 Å². The molecule has 6 rings (SSSR count). The molecule has 0 bridgehead atoms. The van der Waals surface area contributed by atoms with Gasteiger partial charge in [0.15, 0.2) is 0 Å². The third kappa shape index (κ3) is 4.98. The Balaban J connectivity index is 0.000000128. The van der Waals surface area contributed by atoms with Gasteiger partial charge in [0, 0.05) is 37.9 Å². The van der Waals surface area contributed by atoms with Crippen LogP contribution in [0.15, 0.2) is 0 Å². The van der Waals surface area contributed by atoms with Crippen molar-refractivity contribution < 1.29 is 28.5 Å². The molecule has 6 heteroatoms. The maximum Gasteiger partial charge on any atom is 0.138 e. The number of fused-ring (bicyclic) bond motifs is 4. The van der Waals surface area contributed by atoms with E-state index in [4.69, 9.17) is 18.9 Å². The fraction of sp³-hybridized carbons (Fsp3) is 0.917.